The third kappa shape index (κ3) is 3260. The second-order valence-corrected chi connectivity index (χ2v) is 0. The number of hydrogen-bond donors (Lipinski definition) is 5. The molecule has 0 bridgehead atoms. The van der Waals surface area contributed by atoms with Gasteiger partial charge in [0.1, 0.15) is 0 Å². The number of hydrogen-bond acceptors (Lipinski definition) is 7. The Hall–Kier alpha value is -0.720. The summed E-state index contributed by atoms with van der Waals surface area (Å²) in [5.41, 5.74) is 0. The van der Waals surface area contributed by atoms with Crippen molar-refractivity contribution in [3.8, 4) is 0 Å². The summed E-state index contributed by atoms with van der Waals surface area (Å²) in [7, 11) is 1.00. The van der Waals surface area contributed by atoms with Crippen molar-refractivity contribution >= 4 is 0 Å². The molecule has 10 heteroatoms. The van der Waals surface area contributed by atoms with Crippen LogP contribution in [0, 0.1) is 9.93 Å². The number of rotatable bonds is 0. The third-order valence-corrected chi connectivity index (χ3v) is 0. The zero-order valence-electron chi connectivity index (χ0n) is 5.55. The van der Waals surface area contributed by atoms with Crippen LogP contribution >= 0.6 is 0 Å². The van der Waals surface area contributed by atoms with Crippen LogP contribution in [0.4, 0.5) is 0 Å². The van der Waals surface area contributed by atoms with Gasteiger partial charge < -0.3 is 21.5 Å². The minimum Gasteiger partial charge on any atom is -0.412 e. The Labute approximate surface area is 90.4 Å². The van der Waals surface area contributed by atoms with Crippen LogP contribution in [0.5, 0.6) is 0 Å². The molecule has 0 atom stereocenters. The van der Waals surface area contributed by atoms with E-state index in [1.807, 2.05) is 0 Å². The zero-order valence-corrected chi connectivity index (χ0v) is 5.55. The highest BCUT2D eigenvalue weighted by Gasteiger charge is 0.839. The van der Waals surface area contributed by atoms with Gasteiger partial charge in [0.25, 0.3) is 0 Å². The van der Waals surface area contributed by atoms with Crippen LogP contribution in [-0.2, 0) is 0 Å². The Morgan fingerprint density at radius 1 is 0.533 bits per heavy atom. The van der Waals surface area contributed by atoms with E-state index in [0.717, 1.165) is 7.11 Å². The van der Waals surface area contributed by atoms with Gasteiger partial charge in [0.2, 0.25) is 0 Å². The summed E-state index contributed by atoms with van der Waals surface area (Å²) in [5.74, 6) is 0. The number of aliphatic hydroxyl groups excluding tert-OH is 1. The lowest BCUT2D eigenvalue weighted by Crippen LogP contribution is -1.29. The summed E-state index contributed by atoms with van der Waals surface area (Å²) < 4.78 is 0. The first-order valence-corrected chi connectivity index (χ1v) is 1.01. The standard InChI is InChI=1S/CH4O.4CH4.2H2O2.O2.3H2O/c1-2;;;;;3*1-2;;;/h2H,1H3;4*1H4;2*1-2H;;3*1H2. The maximum Gasteiger partial charge on any atom is 0.0319 e. The molecule has 0 spiro atoms. The molecular formula is C5H30O10. The van der Waals surface area contributed by atoms with Crippen LogP contribution in [-0.4, -0.2) is 49.7 Å². The van der Waals surface area contributed by atoms with Gasteiger partial charge in [-0.1, -0.05) is 29.7 Å². The van der Waals surface area contributed by atoms with E-state index in [1.54, 1.807) is 0 Å². The average Bonchev–Trinajstić information content (AvgIpc) is 2.03. The van der Waals surface area contributed by atoms with E-state index >= 15 is 0 Å². The predicted molar refractivity (Wildman–Crippen MR) is 63.2 cm³/mol. The Morgan fingerprint density at radius 3 is 0.533 bits per heavy atom. The smallest absolute Gasteiger partial charge is 0.0319 e. The zero-order chi connectivity index (χ0) is 8.00. The maximum absolute atomic E-state index is 7.00. The minimum absolute atomic E-state index is 0. The van der Waals surface area contributed by atoms with Crippen molar-refractivity contribution < 1.29 is 42.6 Å². The molecule has 110 valence electrons. The largest absolute Gasteiger partial charge is 0.412 e. The Bertz CT molecular complexity index is 13.8. The Morgan fingerprint density at radius 2 is 0.533 bits per heavy atom. The molecule has 10 nitrogen and oxygen atoms in total. The number of aliphatic hydroxyl groups is 1. The van der Waals surface area contributed by atoms with E-state index in [4.69, 9.17) is 36.1 Å². The van der Waals surface area contributed by atoms with Crippen molar-refractivity contribution in [1.82, 2.24) is 0 Å². The first-order valence-electron chi connectivity index (χ1n) is 1.01. The molecule has 0 aliphatic carbocycles. The molecule has 0 saturated carbocycles. The molecule has 0 aromatic heterocycles. The fourth-order valence-electron chi connectivity index (χ4n) is 0. The molecule has 0 fully saturated rings. The highest BCUT2D eigenvalue weighted by Crippen LogP contribution is 0.755. The fourth-order valence-corrected chi connectivity index (χ4v) is 0. The highest BCUT2D eigenvalue weighted by molar-refractivity contribution is 4.07. The molecule has 15 heavy (non-hydrogen) atoms. The van der Waals surface area contributed by atoms with Gasteiger partial charge in [0.05, 0.1) is 0 Å². The van der Waals surface area contributed by atoms with Crippen LogP contribution < -0.4 is 0 Å². The maximum atomic E-state index is 7.00. The first kappa shape index (κ1) is 234. The molecule has 0 aliphatic heterocycles. The van der Waals surface area contributed by atoms with Crippen LogP contribution in [0.25, 0.3) is 0 Å². The molecule has 0 amide bonds. The molecule has 0 rings (SSSR count). The second kappa shape index (κ2) is 3860. The van der Waals surface area contributed by atoms with E-state index in [0.29, 0.717) is 0 Å². The van der Waals surface area contributed by atoms with Crippen molar-refractivity contribution in [3.05, 3.63) is 9.93 Å². The SMILES string of the molecule is C.C.C.C.CO.O.O.O.O=O.OO.OO. The van der Waals surface area contributed by atoms with Gasteiger partial charge in [-0.05, 0) is 0 Å². The minimum atomic E-state index is 0. The normalized spacial score (nSPS) is 1.47. The predicted octanol–water partition coefficient (Wildman–Crippen LogP) is -0.219. The lowest BCUT2D eigenvalue weighted by atomic mass is 11.8. The molecule has 0 aliphatic rings. The lowest BCUT2D eigenvalue weighted by Gasteiger charge is -1.25. The van der Waals surface area contributed by atoms with Gasteiger partial charge >= 0.3 is 0 Å². The van der Waals surface area contributed by atoms with Gasteiger partial charge in [0.15, 0.2) is 0 Å². The van der Waals surface area contributed by atoms with E-state index in [-0.39, 0.29) is 46.1 Å². The lowest BCUT2D eigenvalue weighted by molar-refractivity contribution is -0.176. The van der Waals surface area contributed by atoms with Crippen molar-refractivity contribution in [3.63, 3.8) is 0 Å². The van der Waals surface area contributed by atoms with E-state index < -0.39 is 0 Å². The Kier molecular flexibility index (Phi) is 60300. The molecule has 0 aromatic carbocycles. The molecule has 0 saturated heterocycles. The van der Waals surface area contributed by atoms with Crippen molar-refractivity contribution in [2.24, 2.45) is 0 Å². The Balaban J connectivity index is -0.00000000137. The summed E-state index contributed by atoms with van der Waals surface area (Å²) in [6.07, 6.45) is 0. The summed E-state index contributed by atoms with van der Waals surface area (Å²) in [6, 6.07) is 0. The second-order valence-electron chi connectivity index (χ2n) is 0. The van der Waals surface area contributed by atoms with Gasteiger partial charge in [-0.25, -0.2) is 0 Å². The highest BCUT2D eigenvalue weighted by atomic mass is 17.0. The van der Waals surface area contributed by atoms with Crippen LogP contribution in [0.2, 0.25) is 0 Å². The van der Waals surface area contributed by atoms with Crippen molar-refractivity contribution in [2.45, 2.75) is 29.7 Å². The molecule has 0 radical (unpaired) electrons. The van der Waals surface area contributed by atoms with Crippen molar-refractivity contribution in [1.29, 1.82) is 0 Å². The van der Waals surface area contributed by atoms with Crippen LogP contribution in [0.1, 0.15) is 29.7 Å². The quantitative estimate of drug-likeness (QED) is 0.286. The summed E-state index contributed by atoms with van der Waals surface area (Å²) in [6.45, 7) is 0. The van der Waals surface area contributed by atoms with Crippen molar-refractivity contribution in [2.75, 3.05) is 7.11 Å². The van der Waals surface area contributed by atoms with Crippen LogP contribution in [0.3, 0.4) is 0 Å². The molecular weight excluding hydrogens is 220 g/mol. The molecule has 0 unspecified atom stereocenters. The van der Waals surface area contributed by atoms with E-state index in [2.05, 4.69) is 0 Å². The average molecular weight is 250 g/mol. The van der Waals surface area contributed by atoms with Crippen LogP contribution in [0.15, 0.2) is 0 Å². The summed E-state index contributed by atoms with van der Waals surface area (Å²) in [5, 5.41) is 31.0. The monoisotopic (exact) mass is 250 g/mol. The van der Waals surface area contributed by atoms with Gasteiger partial charge in [0, 0.05) is 17.0 Å². The van der Waals surface area contributed by atoms with Gasteiger partial charge in [-0.15, -0.1) is 0 Å². The molecule has 11 N–H and O–H groups in total. The topological polar surface area (TPSA) is 230 Å². The summed E-state index contributed by atoms with van der Waals surface area (Å²) in [4.78, 5) is 14.0. The van der Waals surface area contributed by atoms with Gasteiger partial charge in [-0.3, -0.25) is 21.0 Å². The molecule has 0 aromatic rings. The molecule has 0 heterocycles. The third-order valence-electron chi connectivity index (χ3n) is 0. The van der Waals surface area contributed by atoms with Gasteiger partial charge in [-0.2, -0.15) is 0 Å². The first-order chi connectivity index (χ1) is 4.00. The van der Waals surface area contributed by atoms with E-state index in [1.165, 1.54) is 0 Å². The van der Waals surface area contributed by atoms with E-state index in [9.17, 15) is 0 Å². The fraction of sp³-hybridized carbons (Fsp3) is 1.00. The summed E-state index contributed by atoms with van der Waals surface area (Å²) >= 11 is 0.